The van der Waals surface area contributed by atoms with Gasteiger partial charge in [-0.05, 0) is 23.8 Å². The van der Waals surface area contributed by atoms with Crippen molar-refractivity contribution in [3.8, 4) is 0 Å². The van der Waals surface area contributed by atoms with E-state index >= 15 is 0 Å². The van der Waals surface area contributed by atoms with Gasteiger partial charge in [0.15, 0.2) is 0 Å². The molecule has 0 atom stereocenters. The molecular formula is C15H18N2O4S. The SMILES string of the molecule is O=S(=O)(O)Cc1ccc2cc(CN3CCOCC3)ccc2n1. The van der Waals surface area contributed by atoms with E-state index in [1.54, 1.807) is 6.07 Å². The molecule has 7 heteroatoms. The monoisotopic (exact) mass is 322 g/mol. The maximum absolute atomic E-state index is 10.9. The van der Waals surface area contributed by atoms with Crippen LogP contribution in [-0.4, -0.2) is 49.2 Å². The Hall–Kier alpha value is -1.54. The topological polar surface area (TPSA) is 79.7 Å². The highest BCUT2D eigenvalue weighted by Crippen LogP contribution is 2.17. The smallest absolute Gasteiger partial charge is 0.270 e. The predicted octanol–water partition coefficient (Wildman–Crippen LogP) is 1.45. The first-order chi connectivity index (χ1) is 10.5. The van der Waals surface area contributed by atoms with E-state index in [1.807, 2.05) is 18.2 Å². The maximum Gasteiger partial charge on any atom is 0.270 e. The number of pyridine rings is 1. The van der Waals surface area contributed by atoms with Crippen LogP contribution in [-0.2, 0) is 27.2 Å². The van der Waals surface area contributed by atoms with E-state index in [1.165, 1.54) is 5.56 Å². The molecule has 1 saturated heterocycles. The number of morpholine rings is 1. The molecule has 0 saturated carbocycles. The molecule has 2 aromatic rings. The molecule has 0 aliphatic carbocycles. The largest absolute Gasteiger partial charge is 0.379 e. The van der Waals surface area contributed by atoms with Gasteiger partial charge in [-0.25, -0.2) is 0 Å². The molecule has 3 rings (SSSR count). The van der Waals surface area contributed by atoms with Crippen molar-refractivity contribution in [2.45, 2.75) is 12.3 Å². The molecule has 6 nitrogen and oxygen atoms in total. The molecule has 2 heterocycles. The fourth-order valence-electron chi connectivity index (χ4n) is 2.60. The molecule has 1 aliphatic heterocycles. The summed E-state index contributed by atoms with van der Waals surface area (Å²) in [6.45, 7) is 4.28. The Morgan fingerprint density at radius 1 is 1.18 bits per heavy atom. The molecule has 1 N–H and O–H groups in total. The fourth-order valence-corrected chi connectivity index (χ4v) is 3.13. The lowest BCUT2D eigenvalue weighted by atomic mass is 10.1. The van der Waals surface area contributed by atoms with E-state index in [4.69, 9.17) is 9.29 Å². The quantitative estimate of drug-likeness (QED) is 0.858. The highest BCUT2D eigenvalue weighted by Gasteiger charge is 2.12. The van der Waals surface area contributed by atoms with Crippen LogP contribution in [0, 0.1) is 0 Å². The molecule has 22 heavy (non-hydrogen) atoms. The number of benzene rings is 1. The van der Waals surface area contributed by atoms with Crippen LogP contribution >= 0.6 is 0 Å². The molecule has 1 fully saturated rings. The van der Waals surface area contributed by atoms with Crippen LogP contribution in [0.2, 0.25) is 0 Å². The van der Waals surface area contributed by atoms with Gasteiger partial charge in [0, 0.05) is 25.0 Å². The average Bonchev–Trinajstić information content (AvgIpc) is 2.47. The molecule has 0 unspecified atom stereocenters. The Balaban J connectivity index is 1.79. The van der Waals surface area contributed by atoms with E-state index in [0.717, 1.165) is 43.8 Å². The van der Waals surface area contributed by atoms with Gasteiger partial charge in [0.1, 0.15) is 5.75 Å². The van der Waals surface area contributed by atoms with Crippen LogP contribution in [0.5, 0.6) is 0 Å². The first kappa shape index (κ1) is 15.4. The van der Waals surface area contributed by atoms with E-state index in [0.29, 0.717) is 5.69 Å². The Morgan fingerprint density at radius 3 is 2.68 bits per heavy atom. The van der Waals surface area contributed by atoms with Gasteiger partial charge < -0.3 is 4.74 Å². The van der Waals surface area contributed by atoms with E-state index in [9.17, 15) is 8.42 Å². The first-order valence-electron chi connectivity index (χ1n) is 7.13. The molecule has 1 aromatic heterocycles. The van der Waals surface area contributed by atoms with Crippen LogP contribution in [0.1, 0.15) is 11.3 Å². The summed E-state index contributed by atoms with van der Waals surface area (Å²) in [5, 5.41) is 0.963. The van der Waals surface area contributed by atoms with Gasteiger partial charge in [0.05, 0.1) is 24.4 Å². The molecule has 0 bridgehead atoms. The van der Waals surface area contributed by atoms with Crippen LogP contribution in [0.25, 0.3) is 10.9 Å². The minimum Gasteiger partial charge on any atom is -0.379 e. The van der Waals surface area contributed by atoms with Crippen LogP contribution < -0.4 is 0 Å². The second-order valence-corrected chi connectivity index (χ2v) is 6.90. The number of ether oxygens (including phenoxy) is 1. The zero-order chi connectivity index (χ0) is 15.6. The molecule has 0 spiro atoms. The zero-order valence-electron chi connectivity index (χ0n) is 12.1. The minimum atomic E-state index is -4.05. The summed E-state index contributed by atoms with van der Waals surface area (Å²) in [6.07, 6.45) is 0. The summed E-state index contributed by atoms with van der Waals surface area (Å²) in [5.74, 6) is -0.460. The number of hydrogen-bond donors (Lipinski definition) is 1. The van der Waals surface area contributed by atoms with Crippen molar-refractivity contribution in [1.29, 1.82) is 0 Å². The molecular weight excluding hydrogens is 304 g/mol. The molecule has 118 valence electrons. The van der Waals surface area contributed by atoms with Crippen molar-refractivity contribution >= 4 is 21.0 Å². The Kier molecular flexibility index (Phi) is 4.39. The Labute approximate surface area is 129 Å². The van der Waals surface area contributed by atoms with E-state index in [-0.39, 0.29) is 0 Å². The van der Waals surface area contributed by atoms with Gasteiger partial charge in [-0.1, -0.05) is 12.1 Å². The molecule has 0 amide bonds. The minimum absolute atomic E-state index is 0.343. The van der Waals surface area contributed by atoms with Crippen molar-refractivity contribution in [2.75, 3.05) is 26.3 Å². The highest BCUT2D eigenvalue weighted by atomic mass is 32.2. The van der Waals surface area contributed by atoms with Gasteiger partial charge in [0.25, 0.3) is 10.1 Å². The van der Waals surface area contributed by atoms with Crippen LogP contribution in [0.15, 0.2) is 30.3 Å². The number of hydrogen-bond acceptors (Lipinski definition) is 5. The van der Waals surface area contributed by atoms with Gasteiger partial charge in [-0.15, -0.1) is 0 Å². The lowest BCUT2D eigenvalue weighted by molar-refractivity contribution is 0.0342. The van der Waals surface area contributed by atoms with Crippen LogP contribution in [0.4, 0.5) is 0 Å². The first-order valence-corrected chi connectivity index (χ1v) is 8.74. The summed E-state index contributed by atoms with van der Waals surface area (Å²) in [5.41, 5.74) is 2.27. The Morgan fingerprint density at radius 2 is 1.95 bits per heavy atom. The van der Waals surface area contributed by atoms with Gasteiger partial charge >= 0.3 is 0 Å². The Bertz CT molecular complexity index is 770. The summed E-state index contributed by atoms with van der Waals surface area (Å²) >= 11 is 0. The van der Waals surface area contributed by atoms with Crippen molar-refractivity contribution in [3.63, 3.8) is 0 Å². The third-order valence-corrected chi connectivity index (χ3v) is 4.31. The van der Waals surface area contributed by atoms with Gasteiger partial charge in [-0.3, -0.25) is 14.4 Å². The molecule has 1 aliphatic rings. The molecule has 0 radical (unpaired) electrons. The third-order valence-electron chi connectivity index (χ3n) is 3.65. The standard InChI is InChI=1S/C15H18N2O4S/c18-22(19,20)11-14-3-2-13-9-12(1-4-15(13)16-14)10-17-5-7-21-8-6-17/h1-4,9H,5-8,10-11H2,(H,18,19,20). The lowest BCUT2D eigenvalue weighted by Gasteiger charge is -2.26. The summed E-state index contributed by atoms with van der Waals surface area (Å²) in [7, 11) is -4.05. The summed E-state index contributed by atoms with van der Waals surface area (Å²) in [6, 6.07) is 9.43. The van der Waals surface area contributed by atoms with Crippen molar-refractivity contribution in [2.24, 2.45) is 0 Å². The number of rotatable bonds is 4. The highest BCUT2D eigenvalue weighted by molar-refractivity contribution is 7.85. The third kappa shape index (κ3) is 4.01. The number of nitrogens with zero attached hydrogens (tertiary/aromatic N) is 2. The molecule has 1 aromatic carbocycles. The predicted molar refractivity (Wildman–Crippen MR) is 83.1 cm³/mol. The average molecular weight is 322 g/mol. The van der Waals surface area contributed by atoms with E-state index < -0.39 is 15.9 Å². The zero-order valence-corrected chi connectivity index (χ0v) is 12.9. The maximum atomic E-state index is 10.9. The summed E-state index contributed by atoms with van der Waals surface area (Å²) in [4.78, 5) is 6.61. The second kappa shape index (κ2) is 6.29. The lowest BCUT2D eigenvalue weighted by Crippen LogP contribution is -2.35. The van der Waals surface area contributed by atoms with Crippen molar-refractivity contribution in [3.05, 3.63) is 41.6 Å². The fraction of sp³-hybridized carbons (Fsp3) is 0.400. The van der Waals surface area contributed by atoms with E-state index in [2.05, 4.69) is 16.0 Å². The van der Waals surface area contributed by atoms with Crippen LogP contribution in [0.3, 0.4) is 0 Å². The normalized spacial score (nSPS) is 17.0. The number of aromatic nitrogens is 1. The van der Waals surface area contributed by atoms with Crippen molar-refractivity contribution in [1.82, 2.24) is 9.88 Å². The summed E-state index contributed by atoms with van der Waals surface area (Å²) < 4.78 is 36.0. The van der Waals surface area contributed by atoms with Gasteiger partial charge in [0.2, 0.25) is 0 Å². The number of fused-ring (bicyclic) bond motifs is 1. The second-order valence-electron chi connectivity index (χ2n) is 5.44. The van der Waals surface area contributed by atoms with Gasteiger partial charge in [-0.2, -0.15) is 8.42 Å². The van der Waals surface area contributed by atoms with Crippen molar-refractivity contribution < 1.29 is 17.7 Å².